The fraction of sp³-hybridized carbons (Fsp3) is 0.105. The lowest BCUT2D eigenvalue weighted by Crippen LogP contribution is -2.02. The molecule has 0 aliphatic heterocycles. The van der Waals surface area contributed by atoms with Gasteiger partial charge >= 0.3 is 5.97 Å². The van der Waals surface area contributed by atoms with Gasteiger partial charge in [0, 0.05) is 10.9 Å². The number of nitrogens with zero attached hydrogens (tertiary/aromatic N) is 1. The van der Waals surface area contributed by atoms with E-state index in [9.17, 15) is 19.8 Å². The zero-order chi connectivity index (χ0) is 17.3. The van der Waals surface area contributed by atoms with E-state index in [1.165, 1.54) is 18.2 Å². The molecule has 1 heterocycles. The van der Waals surface area contributed by atoms with E-state index in [0.717, 1.165) is 5.56 Å². The number of aromatic nitrogens is 1. The lowest BCUT2D eigenvalue weighted by atomic mass is 10.0. The molecule has 1 aromatic heterocycles. The number of aromatic hydroxyl groups is 1. The Bertz CT molecular complexity index is 1010. The highest BCUT2D eigenvalue weighted by Crippen LogP contribution is 2.30. The van der Waals surface area contributed by atoms with E-state index in [-0.39, 0.29) is 16.8 Å². The highest BCUT2D eigenvalue weighted by atomic mass is 16.4. The van der Waals surface area contributed by atoms with Crippen LogP contribution < -0.4 is 5.43 Å². The molecule has 0 saturated heterocycles. The lowest BCUT2D eigenvalue weighted by Gasteiger charge is -2.10. The summed E-state index contributed by atoms with van der Waals surface area (Å²) < 4.78 is 0. The maximum Gasteiger partial charge on any atom is 0.336 e. The van der Waals surface area contributed by atoms with Crippen LogP contribution >= 0.6 is 0 Å². The van der Waals surface area contributed by atoms with Gasteiger partial charge in [0.2, 0.25) is 5.43 Å². The van der Waals surface area contributed by atoms with Crippen LogP contribution in [0, 0.1) is 0 Å². The average molecular weight is 321 g/mol. The molecule has 24 heavy (non-hydrogen) atoms. The van der Waals surface area contributed by atoms with Crippen molar-refractivity contribution in [3.63, 3.8) is 0 Å². The van der Waals surface area contributed by atoms with E-state index < -0.39 is 17.1 Å². The van der Waals surface area contributed by atoms with Crippen molar-refractivity contribution in [3.05, 3.63) is 69.9 Å². The highest BCUT2D eigenvalue weighted by molar-refractivity contribution is 6.04. The van der Waals surface area contributed by atoms with Gasteiger partial charge in [-0.1, -0.05) is 37.3 Å². The molecule has 0 radical (unpaired) electrons. The van der Waals surface area contributed by atoms with Crippen LogP contribution in [0.5, 0.6) is 5.75 Å². The Morgan fingerprint density at radius 1 is 1.12 bits per heavy atom. The fourth-order valence-electron chi connectivity index (χ4n) is 2.70. The van der Waals surface area contributed by atoms with Gasteiger partial charge in [-0.15, -0.1) is 0 Å². The first-order valence-corrected chi connectivity index (χ1v) is 7.51. The molecule has 0 amide bonds. The SMILES string of the molecule is CCc1cccc2c(C(=O)O)cc(-c3ccccc(=O)c3O)nc12. The molecule has 0 aliphatic rings. The number of pyridine rings is 1. The van der Waals surface area contributed by atoms with E-state index in [2.05, 4.69) is 4.98 Å². The largest absolute Gasteiger partial charge is 0.504 e. The Morgan fingerprint density at radius 3 is 2.58 bits per heavy atom. The van der Waals surface area contributed by atoms with E-state index >= 15 is 0 Å². The van der Waals surface area contributed by atoms with Crippen molar-refractivity contribution >= 4 is 16.9 Å². The second-order valence-electron chi connectivity index (χ2n) is 5.37. The average Bonchev–Trinajstić information content (AvgIpc) is 2.75. The third kappa shape index (κ3) is 2.60. The van der Waals surface area contributed by atoms with Gasteiger partial charge in [-0.05, 0) is 30.2 Å². The van der Waals surface area contributed by atoms with Crippen molar-refractivity contribution in [2.45, 2.75) is 13.3 Å². The van der Waals surface area contributed by atoms with Crippen molar-refractivity contribution in [2.75, 3.05) is 0 Å². The Balaban J connectivity index is 2.43. The Labute approximate surface area is 137 Å². The summed E-state index contributed by atoms with van der Waals surface area (Å²) in [5, 5.41) is 20.2. The predicted molar refractivity (Wildman–Crippen MR) is 91.5 cm³/mol. The standard InChI is InChI=1S/C19H15NO4/c1-2-11-6-5-8-12-14(19(23)24)10-15(20-17(11)12)13-7-3-4-9-16(21)18(13)22/h3-10H,2H2,1H3,(H,21,22)(H,23,24). The van der Waals surface area contributed by atoms with Crippen molar-refractivity contribution in [2.24, 2.45) is 0 Å². The molecule has 0 atom stereocenters. The minimum atomic E-state index is -1.08. The first-order chi connectivity index (χ1) is 11.5. The summed E-state index contributed by atoms with van der Waals surface area (Å²) in [6, 6.07) is 12.7. The second-order valence-corrected chi connectivity index (χ2v) is 5.37. The van der Waals surface area contributed by atoms with E-state index in [4.69, 9.17) is 0 Å². The third-order valence-electron chi connectivity index (χ3n) is 3.92. The molecule has 120 valence electrons. The molecule has 2 N–H and O–H groups in total. The van der Waals surface area contributed by atoms with Gasteiger partial charge in [0.15, 0.2) is 5.75 Å². The molecule has 5 nitrogen and oxygen atoms in total. The van der Waals surface area contributed by atoms with Crippen LogP contribution in [0.4, 0.5) is 0 Å². The Hall–Kier alpha value is -3.21. The molecule has 0 unspecified atom stereocenters. The number of rotatable bonds is 3. The maximum atomic E-state index is 11.8. The van der Waals surface area contributed by atoms with Gasteiger partial charge in [0.25, 0.3) is 0 Å². The zero-order valence-electron chi connectivity index (χ0n) is 13.0. The van der Waals surface area contributed by atoms with Crippen LogP contribution in [-0.4, -0.2) is 21.2 Å². The number of hydrogen-bond donors (Lipinski definition) is 2. The number of hydrogen-bond acceptors (Lipinski definition) is 4. The van der Waals surface area contributed by atoms with Crippen molar-refractivity contribution in [3.8, 4) is 17.0 Å². The highest BCUT2D eigenvalue weighted by Gasteiger charge is 2.16. The molecule has 3 aromatic rings. The summed E-state index contributed by atoms with van der Waals surface area (Å²) in [5.74, 6) is -1.53. The molecule has 0 spiro atoms. The smallest absolute Gasteiger partial charge is 0.336 e. The minimum Gasteiger partial charge on any atom is -0.504 e. The normalized spacial score (nSPS) is 10.7. The zero-order valence-corrected chi connectivity index (χ0v) is 13.0. The van der Waals surface area contributed by atoms with E-state index in [1.54, 1.807) is 24.3 Å². The van der Waals surface area contributed by atoms with Crippen LogP contribution in [0.25, 0.3) is 22.2 Å². The molecule has 0 aliphatic carbocycles. The van der Waals surface area contributed by atoms with Crippen molar-refractivity contribution in [1.29, 1.82) is 0 Å². The first kappa shape index (κ1) is 15.7. The molecule has 3 rings (SSSR count). The minimum absolute atomic E-state index is 0.0867. The topological polar surface area (TPSA) is 87.5 Å². The number of benzene rings is 1. The molecule has 0 bridgehead atoms. The van der Waals surface area contributed by atoms with Gasteiger partial charge in [-0.25, -0.2) is 9.78 Å². The number of aromatic carboxylic acids is 1. The Morgan fingerprint density at radius 2 is 1.88 bits per heavy atom. The van der Waals surface area contributed by atoms with Gasteiger partial charge in [0.05, 0.1) is 16.8 Å². The monoisotopic (exact) mass is 321 g/mol. The summed E-state index contributed by atoms with van der Waals surface area (Å²) in [7, 11) is 0. The Kier molecular flexibility index (Phi) is 4.00. The lowest BCUT2D eigenvalue weighted by molar-refractivity contribution is 0.0699. The van der Waals surface area contributed by atoms with E-state index in [0.29, 0.717) is 17.3 Å². The number of carbonyl (C=O) groups is 1. The van der Waals surface area contributed by atoms with Gasteiger partial charge in [-0.3, -0.25) is 4.79 Å². The van der Waals surface area contributed by atoms with Crippen molar-refractivity contribution in [1.82, 2.24) is 4.98 Å². The third-order valence-corrected chi connectivity index (χ3v) is 3.92. The molecule has 2 aromatic carbocycles. The number of para-hydroxylation sites is 1. The molecule has 5 heteroatoms. The maximum absolute atomic E-state index is 11.8. The van der Waals surface area contributed by atoms with Gasteiger partial charge in [0.1, 0.15) is 0 Å². The molecular formula is C19H15NO4. The summed E-state index contributed by atoms with van der Waals surface area (Å²) in [4.78, 5) is 28.0. The number of fused-ring (bicyclic) bond motifs is 1. The van der Waals surface area contributed by atoms with Crippen molar-refractivity contribution < 1.29 is 15.0 Å². The predicted octanol–water partition coefficient (Wildman–Crippen LogP) is 3.23. The molecule has 0 saturated carbocycles. The van der Waals surface area contributed by atoms with Crippen LogP contribution in [0.15, 0.2) is 53.3 Å². The number of carboxylic acid groups (broad SMARTS) is 1. The number of aryl methyl sites for hydroxylation is 1. The summed E-state index contributed by atoms with van der Waals surface area (Å²) in [6.45, 7) is 1.96. The fourth-order valence-corrected chi connectivity index (χ4v) is 2.70. The molecular weight excluding hydrogens is 306 g/mol. The summed E-state index contributed by atoms with van der Waals surface area (Å²) in [6.07, 6.45) is 0.689. The van der Waals surface area contributed by atoms with Crippen LogP contribution in [0.2, 0.25) is 0 Å². The van der Waals surface area contributed by atoms with Crippen LogP contribution in [0.1, 0.15) is 22.8 Å². The quantitative estimate of drug-likeness (QED) is 0.773. The van der Waals surface area contributed by atoms with Gasteiger partial charge < -0.3 is 10.2 Å². The summed E-state index contributed by atoms with van der Waals surface area (Å²) in [5.41, 5.74) is 1.47. The number of carboxylic acids is 1. The second kappa shape index (κ2) is 6.12. The molecule has 0 fully saturated rings. The van der Waals surface area contributed by atoms with Crippen LogP contribution in [0.3, 0.4) is 0 Å². The van der Waals surface area contributed by atoms with Gasteiger partial charge in [-0.2, -0.15) is 0 Å². The van der Waals surface area contributed by atoms with E-state index in [1.807, 2.05) is 13.0 Å². The summed E-state index contributed by atoms with van der Waals surface area (Å²) >= 11 is 0. The van der Waals surface area contributed by atoms with Crippen LogP contribution in [-0.2, 0) is 6.42 Å². The first-order valence-electron chi connectivity index (χ1n) is 7.51.